The molecule has 0 saturated heterocycles. The van der Waals surface area contributed by atoms with Crippen LogP contribution in [0.5, 0.6) is 11.6 Å². The van der Waals surface area contributed by atoms with Crippen molar-refractivity contribution in [2.75, 3.05) is 19.5 Å². The predicted molar refractivity (Wildman–Crippen MR) is 133 cm³/mol. The molecule has 35 heavy (non-hydrogen) atoms. The van der Waals surface area contributed by atoms with Gasteiger partial charge < -0.3 is 24.3 Å². The molecule has 0 radical (unpaired) electrons. The van der Waals surface area contributed by atoms with Crippen molar-refractivity contribution < 1.29 is 18.7 Å². The number of carbonyl (C=O) groups excluding carboxylic acids is 1. The van der Waals surface area contributed by atoms with E-state index >= 15 is 0 Å². The molecule has 1 amide bonds. The summed E-state index contributed by atoms with van der Waals surface area (Å²) in [6, 6.07) is 11.5. The first kappa shape index (κ1) is 24.0. The number of methoxy groups -OCH3 is 1. The van der Waals surface area contributed by atoms with Gasteiger partial charge in [0.25, 0.3) is 5.88 Å². The highest BCUT2D eigenvalue weighted by Gasteiger charge is 2.16. The number of carbonyl (C=O) groups is 1. The fourth-order valence-electron chi connectivity index (χ4n) is 3.35. The molecule has 2 N–H and O–H groups in total. The molecule has 0 aliphatic rings. The van der Waals surface area contributed by atoms with Gasteiger partial charge in [-0.05, 0) is 55.0 Å². The van der Waals surface area contributed by atoms with Gasteiger partial charge >= 0.3 is 6.09 Å². The van der Waals surface area contributed by atoms with Crippen molar-refractivity contribution in [3.05, 3.63) is 77.9 Å². The number of alkyl halides is 1. The van der Waals surface area contributed by atoms with Crippen LogP contribution in [0.15, 0.2) is 55.0 Å². The van der Waals surface area contributed by atoms with Crippen LogP contribution in [0.1, 0.15) is 17.1 Å². The van der Waals surface area contributed by atoms with E-state index in [4.69, 9.17) is 21.1 Å². The Kier molecular flexibility index (Phi) is 7.47. The molecule has 10 heteroatoms. The molecule has 0 spiro atoms. The van der Waals surface area contributed by atoms with Crippen LogP contribution in [-0.2, 0) is 0 Å². The van der Waals surface area contributed by atoms with E-state index in [1.807, 2.05) is 42.0 Å². The van der Waals surface area contributed by atoms with Crippen molar-refractivity contribution in [3.63, 3.8) is 0 Å². The molecule has 0 bridgehead atoms. The Morgan fingerprint density at radius 2 is 2.03 bits per heavy atom. The molecule has 0 fully saturated rings. The van der Waals surface area contributed by atoms with E-state index in [2.05, 4.69) is 20.3 Å². The van der Waals surface area contributed by atoms with Gasteiger partial charge in [-0.2, -0.15) is 4.98 Å². The molecule has 0 aliphatic heterocycles. The highest BCUT2D eigenvalue weighted by molar-refractivity contribution is 6.18. The largest absolute Gasteiger partial charge is 0.495 e. The third-order valence-electron chi connectivity index (χ3n) is 5.00. The average Bonchev–Trinajstić information content (AvgIpc) is 3.47. The van der Waals surface area contributed by atoms with Crippen molar-refractivity contribution >= 4 is 29.8 Å². The number of hydrogen-bond donors (Lipinski definition) is 2. The lowest BCUT2D eigenvalue weighted by Crippen LogP contribution is -2.28. The molecule has 0 unspecified atom stereocenters. The molecule has 180 valence electrons. The van der Waals surface area contributed by atoms with Crippen LogP contribution in [0.2, 0.25) is 0 Å². The maximum atomic E-state index is 13.4. The number of halogens is 2. The van der Waals surface area contributed by atoms with Crippen molar-refractivity contribution in [1.29, 1.82) is 0 Å². The van der Waals surface area contributed by atoms with E-state index in [0.717, 1.165) is 16.9 Å². The summed E-state index contributed by atoms with van der Waals surface area (Å²) in [4.78, 5) is 23.8. The van der Waals surface area contributed by atoms with Crippen molar-refractivity contribution in [1.82, 2.24) is 24.8 Å². The topological polar surface area (TPSA) is 94.1 Å². The Bertz CT molecular complexity index is 1350. The smallest absolute Gasteiger partial charge is 0.414 e. The lowest BCUT2D eigenvalue weighted by molar-refractivity contribution is 0.199. The second-order valence-electron chi connectivity index (χ2n) is 7.50. The normalized spacial score (nSPS) is 11.1. The standard InChI is InChI=1S/C25H23ClFN5O3/c1-16-14-32(15-29-16)20-9-3-17(13-21(20)34-2)4-10-22-30-23(18-5-7-19(27)8-6-18)24(31-22)35-25(33)28-12-11-26/h3-10,13-15H,11-12H2,1-2H3,(H,28,33)(H,30,31)/b10-4+. The Morgan fingerprint density at radius 3 is 2.71 bits per heavy atom. The number of nitrogens with zero attached hydrogens (tertiary/aromatic N) is 3. The number of rotatable bonds is 8. The number of amides is 1. The first-order valence-corrected chi connectivity index (χ1v) is 11.2. The van der Waals surface area contributed by atoms with Crippen LogP contribution in [0.3, 0.4) is 0 Å². The second kappa shape index (κ2) is 10.9. The summed E-state index contributed by atoms with van der Waals surface area (Å²) in [6.07, 6.45) is 6.54. The maximum absolute atomic E-state index is 13.4. The lowest BCUT2D eigenvalue weighted by Gasteiger charge is -2.09. The van der Waals surface area contributed by atoms with E-state index in [1.54, 1.807) is 31.6 Å². The number of aromatic nitrogens is 4. The number of imidazole rings is 2. The zero-order valence-corrected chi connectivity index (χ0v) is 19.8. The van der Waals surface area contributed by atoms with E-state index in [1.165, 1.54) is 12.1 Å². The van der Waals surface area contributed by atoms with Crippen molar-refractivity contribution in [3.8, 4) is 28.6 Å². The van der Waals surface area contributed by atoms with E-state index in [-0.39, 0.29) is 24.1 Å². The van der Waals surface area contributed by atoms with Crippen LogP contribution in [0.25, 0.3) is 29.1 Å². The number of ether oxygens (including phenoxy) is 2. The first-order chi connectivity index (χ1) is 17.0. The number of aryl methyl sites for hydroxylation is 1. The highest BCUT2D eigenvalue weighted by Crippen LogP contribution is 2.29. The van der Waals surface area contributed by atoms with Gasteiger partial charge in [0, 0.05) is 24.2 Å². The minimum atomic E-state index is -0.689. The van der Waals surface area contributed by atoms with Gasteiger partial charge in [-0.1, -0.05) is 12.1 Å². The van der Waals surface area contributed by atoms with Gasteiger partial charge in [0.15, 0.2) is 0 Å². The minimum Gasteiger partial charge on any atom is -0.495 e. The molecular formula is C25H23ClFN5O3. The van der Waals surface area contributed by atoms with E-state index < -0.39 is 6.09 Å². The van der Waals surface area contributed by atoms with Crippen molar-refractivity contribution in [2.24, 2.45) is 0 Å². The van der Waals surface area contributed by atoms with Gasteiger partial charge in [-0.3, -0.25) is 0 Å². The summed E-state index contributed by atoms with van der Waals surface area (Å²) in [7, 11) is 1.61. The molecule has 0 aliphatic carbocycles. The van der Waals surface area contributed by atoms with Crippen LogP contribution in [0.4, 0.5) is 9.18 Å². The zero-order valence-electron chi connectivity index (χ0n) is 19.1. The Hall–Kier alpha value is -4.11. The van der Waals surface area contributed by atoms with Gasteiger partial charge in [0.1, 0.15) is 23.1 Å². The van der Waals surface area contributed by atoms with Gasteiger partial charge in [0.2, 0.25) is 0 Å². The van der Waals surface area contributed by atoms with Gasteiger partial charge in [0.05, 0.1) is 24.8 Å². The SMILES string of the molecule is COc1cc(/C=C/c2nc(OC(=O)NCCCl)c(-c3ccc(F)cc3)[nH]2)ccc1-n1cnc(C)c1. The van der Waals surface area contributed by atoms with E-state index in [0.29, 0.717) is 22.8 Å². The molecule has 2 aromatic carbocycles. The summed E-state index contributed by atoms with van der Waals surface area (Å²) in [5, 5.41) is 2.52. The maximum Gasteiger partial charge on any atom is 0.414 e. The molecule has 4 rings (SSSR count). The number of H-pyrrole nitrogens is 1. The molecule has 2 heterocycles. The number of hydrogen-bond acceptors (Lipinski definition) is 5. The fourth-order valence-corrected chi connectivity index (χ4v) is 3.45. The van der Waals surface area contributed by atoms with Crippen LogP contribution >= 0.6 is 11.6 Å². The third kappa shape index (κ3) is 5.88. The Labute approximate surface area is 206 Å². The Morgan fingerprint density at radius 1 is 1.23 bits per heavy atom. The van der Waals surface area contributed by atoms with Crippen molar-refractivity contribution in [2.45, 2.75) is 6.92 Å². The minimum absolute atomic E-state index is 0.0618. The third-order valence-corrected chi connectivity index (χ3v) is 5.19. The molecule has 2 aromatic heterocycles. The predicted octanol–water partition coefficient (Wildman–Crippen LogP) is 5.22. The Balaban J connectivity index is 1.61. The molecule has 4 aromatic rings. The highest BCUT2D eigenvalue weighted by atomic mass is 35.5. The molecule has 8 nitrogen and oxygen atoms in total. The molecule has 0 atom stereocenters. The summed E-state index contributed by atoms with van der Waals surface area (Å²) in [5.74, 6) is 1.05. The summed E-state index contributed by atoms with van der Waals surface area (Å²) < 4.78 is 26.2. The van der Waals surface area contributed by atoms with Gasteiger partial charge in [-0.25, -0.2) is 14.2 Å². The van der Waals surface area contributed by atoms with Gasteiger partial charge in [-0.15, -0.1) is 11.6 Å². The quantitative estimate of drug-likeness (QED) is 0.327. The van der Waals surface area contributed by atoms with Crippen LogP contribution in [0, 0.1) is 12.7 Å². The second-order valence-corrected chi connectivity index (χ2v) is 7.88. The monoisotopic (exact) mass is 495 g/mol. The molecule has 0 saturated carbocycles. The fraction of sp³-hybridized carbons (Fsp3) is 0.160. The average molecular weight is 496 g/mol. The number of benzene rings is 2. The first-order valence-electron chi connectivity index (χ1n) is 10.7. The van der Waals surface area contributed by atoms with Crippen LogP contribution in [-0.4, -0.2) is 45.1 Å². The lowest BCUT2D eigenvalue weighted by atomic mass is 10.1. The summed E-state index contributed by atoms with van der Waals surface area (Å²) >= 11 is 5.61. The van der Waals surface area contributed by atoms with E-state index in [9.17, 15) is 9.18 Å². The zero-order chi connectivity index (χ0) is 24.8. The number of aromatic amines is 1. The van der Waals surface area contributed by atoms with Crippen LogP contribution < -0.4 is 14.8 Å². The summed E-state index contributed by atoms with van der Waals surface area (Å²) in [6.45, 7) is 2.17. The molecular weight excluding hydrogens is 473 g/mol. The summed E-state index contributed by atoms with van der Waals surface area (Å²) in [5.41, 5.74) is 3.68. The number of nitrogens with one attached hydrogen (secondary N) is 2.